The average Bonchev–Trinajstić information content (AvgIpc) is 3.23. The Balaban J connectivity index is 1.43. The lowest BCUT2D eigenvalue weighted by Crippen LogP contribution is -2.48. The van der Waals surface area contributed by atoms with Crippen LogP contribution >= 0.6 is 0 Å². The highest BCUT2D eigenvalue weighted by Crippen LogP contribution is 2.31. The summed E-state index contributed by atoms with van der Waals surface area (Å²) in [4.78, 5) is 18.8. The molecule has 2 aliphatic heterocycles. The van der Waals surface area contributed by atoms with Crippen LogP contribution in [-0.2, 0) is 6.42 Å². The lowest BCUT2D eigenvalue weighted by Gasteiger charge is -2.30. The van der Waals surface area contributed by atoms with E-state index in [-0.39, 0.29) is 18.1 Å². The van der Waals surface area contributed by atoms with Gasteiger partial charge >= 0.3 is 6.03 Å². The summed E-state index contributed by atoms with van der Waals surface area (Å²) in [5, 5.41) is 7.09. The second-order valence-corrected chi connectivity index (χ2v) is 6.75. The molecule has 7 heteroatoms. The van der Waals surface area contributed by atoms with Crippen molar-refractivity contribution in [2.45, 2.75) is 45.2 Å². The van der Waals surface area contributed by atoms with Gasteiger partial charge in [0.2, 0.25) is 5.89 Å². The summed E-state index contributed by atoms with van der Waals surface area (Å²) in [7, 11) is 0. The molecular weight excluding hydrogens is 320 g/mol. The Hall–Kier alpha value is -2.57. The number of carbonyl (C=O) groups excluding carboxylic acids is 1. The van der Waals surface area contributed by atoms with Crippen molar-refractivity contribution in [3.63, 3.8) is 0 Å². The van der Waals surface area contributed by atoms with E-state index in [1.54, 1.807) is 11.8 Å². The first-order valence-corrected chi connectivity index (χ1v) is 8.70. The molecular formula is C18H22N4O3. The first-order valence-electron chi connectivity index (χ1n) is 8.70. The maximum atomic E-state index is 12.8. The minimum absolute atomic E-state index is 0.0324. The molecule has 25 heavy (non-hydrogen) atoms. The number of nitrogens with zero attached hydrogens (tertiary/aromatic N) is 3. The Morgan fingerprint density at radius 2 is 2.24 bits per heavy atom. The van der Waals surface area contributed by atoms with Gasteiger partial charge < -0.3 is 19.5 Å². The molecule has 2 atom stereocenters. The third-order valence-corrected chi connectivity index (χ3v) is 4.87. The number of urea groups is 1. The monoisotopic (exact) mass is 342 g/mol. The molecule has 0 bridgehead atoms. The molecule has 3 heterocycles. The Kier molecular flexibility index (Phi) is 4.07. The molecule has 0 spiro atoms. The van der Waals surface area contributed by atoms with Crippen LogP contribution in [0.2, 0.25) is 0 Å². The van der Waals surface area contributed by atoms with E-state index in [4.69, 9.17) is 9.26 Å². The number of hydrogen-bond donors (Lipinski definition) is 1. The molecule has 0 saturated carbocycles. The minimum Gasteiger partial charge on any atom is -0.491 e. The number of amides is 2. The first-order chi connectivity index (χ1) is 12.1. The predicted octanol–water partition coefficient (Wildman–Crippen LogP) is 2.54. The van der Waals surface area contributed by atoms with Crippen molar-refractivity contribution in [1.29, 1.82) is 0 Å². The van der Waals surface area contributed by atoms with E-state index in [0.717, 1.165) is 36.1 Å². The highest BCUT2D eigenvalue weighted by atomic mass is 16.5. The molecule has 2 aromatic rings. The lowest BCUT2D eigenvalue weighted by molar-refractivity contribution is 0.174. The Bertz CT molecular complexity index is 788. The zero-order valence-corrected chi connectivity index (χ0v) is 14.5. The van der Waals surface area contributed by atoms with Gasteiger partial charge in [-0.2, -0.15) is 4.98 Å². The van der Waals surface area contributed by atoms with Gasteiger partial charge in [-0.05, 0) is 37.3 Å². The number of aryl methyl sites for hydroxylation is 2. The number of para-hydroxylation sites is 1. The van der Waals surface area contributed by atoms with E-state index in [0.29, 0.717) is 24.9 Å². The standard InChI is InChI=1S/C18H22N4O3/c1-11-5-3-6-13-9-14(10-24-16(11)13)20-18(23)22-8-4-7-15(22)17-19-12(2)25-21-17/h3,5-6,14-15H,4,7-10H2,1-2H3,(H,20,23). The van der Waals surface area contributed by atoms with E-state index >= 15 is 0 Å². The quantitative estimate of drug-likeness (QED) is 0.907. The summed E-state index contributed by atoms with van der Waals surface area (Å²) in [6, 6.07) is 5.89. The topological polar surface area (TPSA) is 80.5 Å². The number of benzene rings is 1. The van der Waals surface area contributed by atoms with E-state index < -0.39 is 0 Å². The largest absolute Gasteiger partial charge is 0.491 e. The molecule has 1 N–H and O–H groups in total. The number of likely N-dealkylation sites (tertiary alicyclic amines) is 1. The summed E-state index contributed by atoms with van der Waals surface area (Å²) >= 11 is 0. The fraction of sp³-hybridized carbons (Fsp3) is 0.500. The van der Waals surface area contributed by atoms with Crippen molar-refractivity contribution in [2.75, 3.05) is 13.2 Å². The molecule has 2 aliphatic rings. The van der Waals surface area contributed by atoms with Gasteiger partial charge in [-0.25, -0.2) is 4.79 Å². The minimum atomic E-state index is -0.114. The number of aromatic nitrogens is 2. The first kappa shape index (κ1) is 15.9. The summed E-state index contributed by atoms with van der Waals surface area (Å²) < 4.78 is 10.9. The molecule has 4 rings (SSSR count). The molecule has 1 fully saturated rings. The van der Waals surface area contributed by atoms with Crippen LogP contribution in [0.3, 0.4) is 0 Å². The third kappa shape index (κ3) is 3.06. The van der Waals surface area contributed by atoms with E-state index in [1.807, 2.05) is 19.1 Å². The molecule has 7 nitrogen and oxygen atoms in total. The molecule has 1 aromatic heterocycles. The molecule has 2 amide bonds. The highest BCUT2D eigenvalue weighted by Gasteiger charge is 2.34. The smallest absolute Gasteiger partial charge is 0.318 e. The number of fused-ring (bicyclic) bond motifs is 1. The normalized spacial score (nSPS) is 22.4. The van der Waals surface area contributed by atoms with Crippen LogP contribution in [0.1, 0.15) is 41.7 Å². The number of carbonyl (C=O) groups is 1. The van der Waals surface area contributed by atoms with Crippen LogP contribution in [0.25, 0.3) is 0 Å². The average molecular weight is 342 g/mol. The van der Waals surface area contributed by atoms with Gasteiger partial charge in [-0.1, -0.05) is 23.4 Å². The molecule has 0 radical (unpaired) electrons. The fourth-order valence-corrected chi connectivity index (χ4v) is 3.67. The van der Waals surface area contributed by atoms with Gasteiger partial charge in [-0.3, -0.25) is 0 Å². The summed E-state index contributed by atoms with van der Waals surface area (Å²) in [5.74, 6) is 2.07. The Morgan fingerprint density at radius 1 is 1.36 bits per heavy atom. The Labute approximate surface area is 146 Å². The molecule has 1 aromatic carbocycles. The SMILES string of the molecule is Cc1nc(C2CCCN2C(=O)NC2COc3c(C)cccc3C2)no1. The number of ether oxygens (including phenoxy) is 1. The zero-order valence-electron chi connectivity index (χ0n) is 14.5. The molecule has 0 aliphatic carbocycles. The van der Waals surface area contributed by atoms with Crippen molar-refractivity contribution in [2.24, 2.45) is 0 Å². The third-order valence-electron chi connectivity index (χ3n) is 4.87. The number of hydrogen-bond acceptors (Lipinski definition) is 5. The second kappa shape index (κ2) is 6.38. The van der Waals surface area contributed by atoms with Crippen LogP contribution in [0.5, 0.6) is 5.75 Å². The maximum Gasteiger partial charge on any atom is 0.318 e. The van der Waals surface area contributed by atoms with Gasteiger partial charge in [0.25, 0.3) is 0 Å². The highest BCUT2D eigenvalue weighted by molar-refractivity contribution is 5.75. The van der Waals surface area contributed by atoms with Crippen molar-refractivity contribution >= 4 is 6.03 Å². The van der Waals surface area contributed by atoms with Gasteiger partial charge in [0.1, 0.15) is 12.4 Å². The van der Waals surface area contributed by atoms with Gasteiger partial charge in [-0.15, -0.1) is 0 Å². The molecule has 1 saturated heterocycles. The predicted molar refractivity (Wildman–Crippen MR) is 90.4 cm³/mol. The van der Waals surface area contributed by atoms with Gasteiger partial charge in [0, 0.05) is 13.5 Å². The van der Waals surface area contributed by atoms with Crippen molar-refractivity contribution in [1.82, 2.24) is 20.4 Å². The Morgan fingerprint density at radius 3 is 3.04 bits per heavy atom. The number of rotatable bonds is 2. The van der Waals surface area contributed by atoms with Crippen molar-refractivity contribution in [3.8, 4) is 5.75 Å². The summed E-state index contributed by atoms with van der Waals surface area (Å²) in [6.07, 6.45) is 2.58. The summed E-state index contributed by atoms with van der Waals surface area (Å²) in [5.41, 5.74) is 2.28. The number of nitrogens with one attached hydrogen (secondary N) is 1. The molecule has 2 unspecified atom stereocenters. The van der Waals surface area contributed by atoms with Crippen LogP contribution in [0, 0.1) is 13.8 Å². The van der Waals surface area contributed by atoms with Gasteiger partial charge in [0.15, 0.2) is 5.82 Å². The fourth-order valence-electron chi connectivity index (χ4n) is 3.67. The van der Waals surface area contributed by atoms with Crippen molar-refractivity contribution in [3.05, 3.63) is 41.0 Å². The maximum absolute atomic E-state index is 12.8. The van der Waals surface area contributed by atoms with E-state index in [9.17, 15) is 4.79 Å². The summed E-state index contributed by atoms with van der Waals surface area (Å²) in [6.45, 7) is 4.99. The lowest BCUT2D eigenvalue weighted by atomic mass is 10.00. The van der Waals surface area contributed by atoms with Crippen molar-refractivity contribution < 1.29 is 14.1 Å². The van der Waals surface area contributed by atoms with Crippen LogP contribution in [0.15, 0.2) is 22.7 Å². The van der Waals surface area contributed by atoms with Crippen LogP contribution < -0.4 is 10.1 Å². The van der Waals surface area contributed by atoms with Crippen LogP contribution in [0.4, 0.5) is 4.79 Å². The van der Waals surface area contributed by atoms with E-state index in [2.05, 4.69) is 21.5 Å². The van der Waals surface area contributed by atoms with E-state index in [1.165, 1.54) is 0 Å². The molecule has 132 valence electrons. The van der Waals surface area contributed by atoms with Crippen LogP contribution in [-0.4, -0.2) is 40.3 Å². The van der Waals surface area contributed by atoms with Gasteiger partial charge in [0.05, 0.1) is 12.1 Å². The zero-order chi connectivity index (χ0) is 17.4. The second-order valence-electron chi connectivity index (χ2n) is 6.75.